The second-order valence-corrected chi connectivity index (χ2v) is 4.15. The third-order valence-corrected chi connectivity index (χ3v) is 3.04. The molecule has 1 aliphatic heterocycles. The Morgan fingerprint density at radius 1 is 1.12 bits per heavy atom. The van der Waals surface area contributed by atoms with Crippen molar-refractivity contribution in [2.24, 2.45) is 0 Å². The summed E-state index contributed by atoms with van der Waals surface area (Å²) >= 11 is 0. The highest BCUT2D eigenvalue weighted by molar-refractivity contribution is 5.93. The molecule has 3 heteroatoms. The Morgan fingerprint density at radius 3 is 2.56 bits per heavy atom. The quantitative estimate of drug-likeness (QED) is 0.827. The maximum absolute atomic E-state index is 11.9. The first kappa shape index (κ1) is 11.0. The zero-order valence-electron chi connectivity index (χ0n) is 9.70. The first-order valence-electron chi connectivity index (χ1n) is 5.89. The zero-order chi connectivity index (χ0) is 11.4. The van der Waals surface area contributed by atoms with Crippen LogP contribution < -0.4 is 10.2 Å². The van der Waals surface area contributed by atoms with Gasteiger partial charge in [0.2, 0.25) is 5.91 Å². The molecule has 0 aliphatic carbocycles. The molecule has 1 aromatic carbocycles. The SMILES string of the molecule is CNc1ccc(N2CCCCCC2=O)cc1. The lowest BCUT2D eigenvalue weighted by atomic mass is 10.2. The van der Waals surface area contributed by atoms with Gasteiger partial charge in [0.05, 0.1) is 0 Å². The van der Waals surface area contributed by atoms with E-state index in [4.69, 9.17) is 0 Å². The molecule has 1 fully saturated rings. The van der Waals surface area contributed by atoms with E-state index in [2.05, 4.69) is 5.32 Å². The van der Waals surface area contributed by atoms with Gasteiger partial charge in [0.25, 0.3) is 0 Å². The summed E-state index contributed by atoms with van der Waals surface area (Å²) in [5.74, 6) is 0.259. The average molecular weight is 218 g/mol. The van der Waals surface area contributed by atoms with Crippen LogP contribution in [-0.4, -0.2) is 19.5 Å². The Kier molecular flexibility index (Phi) is 3.44. The molecule has 0 atom stereocenters. The fraction of sp³-hybridized carbons (Fsp3) is 0.462. The largest absolute Gasteiger partial charge is 0.388 e. The van der Waals surface area contributed by atoms with Crippen molar-refractivity contribution < 1.29 is 4.79 Å². The molecule has 1 aliphatic rings. The third-order valence-electron chi connectivity index (χ3n) is 3.04. The lowest BCUT2D eigenvalue weighted by Crippen LogP contribution is -2.29. The fourth-order valence-electron chi connectivity index (χ4n) is 2.06. The fourth-order valence-corrected chi connectivity index (χ4v) is 2.06. The Hall–Kier alpha value is -1.51. The van der Waals surface area contributed by atoms with E-state index in [1.165, 1.54) is 0 Å². The highest BCUT2D eigenvalue weighted by Gasteiger charge is 2.17. The Labute approximate surface area is 96.5 Å². The summed E-state index contributed by atoms with van der Waals surface area (Å²) < 4.78 is 0. The highest BCUT2D eigenvalue weighted by Crippen LogP contribution is 2.22. The molecule has 1 saturated heterocycles. The van der Waals surface area contributed by atoms with E-state index < -0.39 is 0 Å². The number of rotatable bonds is 2. The summed E-state index contributed by atoms with van der Waals surface area (Å²) in [6, 6.07) is 8.03. The van der Waals surface area contributed by atoms with Gasteiger partial charge in [-0.3, -0.25) is 4.79 Å². The van der Waals surface area contributed by atoms with Crippen LogP contribution >= 0.6 is 0 Å². The van der Waals surface area contributed by atoms with Crippen molar-refractivity contribution in [3.05, 3.63) is 24.3 Å². The number of carbonyl (C=O) groups excluding carboxylic acids is 1. The van der Waals surface area contributed by atoms with Gasteiger partial charge in [0.15, 0.2) is 0 Å². The highest BCUT2D eigenvalue weighted by atomic mass is 16.2. The van der Waals surface area contributed by atoms with Crippen LogP contribution in [0.25, 0.3) is 0 Å². The number of anilines is 2. The van der Waals surface area contributed by atoms with Gasteiger partial charge in [-0.05, 0) is 37.1 Å². The number of nitrogens with zero attached hydrogens (tertiary/aromatic N) is 1. The monoisotopic (exact) mass is 218 g/mol. The number of amides is 1. The zero-order valence-corrected chi connectivity index (χ0v) is 9.70. The van der Waals surface area contributed by atoms with Gasteiger partial charge in [-0.15, -0.1) is 0 Å². The number of nitrogens with one attached hydrogen (secondary N) is 1. The molecule has 1 N–H and O–H groups in total. The second kappa shape index (κ2) is 5.01. The topological polar surface area (TPSA) is 32.3 Å². The minimum Gasteiger partial charge on any atom is -0.388 e. The standard InChI is InChI=1S/C13H18N2O/c1-14-11-6-8-12(9-7-11)15-10-4-2-3-5-13(15)16/h6-9,14H,2-5,10H2,1H3. The molecule has 0 radical (unpaired) electrons. The Balaban J connectivity index is 2.17. The van der Waals surface area contributed by atoms with Gasteiger partial charge >= 0.3 is 0 Å². The van der Waals surface area contributed by atoms with Crippen LogP contribution in [0, 0.1) is 0 Å². The van der Waals surface area contributed by atoms with Crippen LogP contribution in [0.4, 0.5) is 11.4 Å². The summed E-state index contributed by atoms with van der Waals surface area (Å²) in [6.45, 7) is 0.859. The van der Waals surface area contributed by atoms with E-state index >= 15 is 0 Å². The van der Waals surface area contributed by atoms with Crippen molar-refractivity contribution in [3.8, 4) is 0 Å². The molecule has 0 saturated carbocycles. The van der Waals surface area contributed by atoms with Gasteiger partial charge in [0, 0.05) is 31.4 Å². The number of carbonyl (C=O) groups is 1. The molecule has 0 spiro atoms. The minimum absolute atomic E-state index is 0.259. The molecule has 0 aromatic heterocycles. The van der Waals surface area contributed by atoms with Gasteiger partial charge in [0.1, 0.15) is 0 Å². The van der Waals surface area contributed by atoms with E-state index in [9.17, 15) is 4.79 Å². The van der Waals surface area contributed by atoms with Crippen LogP contribution in [0.3, 0.4) is 0 Å². The molecular formula is C13H18N2O. The molecular weight excluding hydrogens is 200 g/mol. The van der Waals surface area contributed by atoms with Crippen LogP contribution in [0.15, 0.2) is 24.3 Å². The van der Waals surface area contributed by atoms with E-state index in [0.717, 1.165) is 37.2 Å². The predicted octanol–water partition coefficient (Wildman–Crippen LogP) is 2.64. The number of benzene rings is 1. The summed E-state index contributed by atoms with van der Waals surface area (Å²) in [5.41, 5.74) is 2.09. The van der Waals surface area contributed by atoms with Gasteiger partial charge < -0.3 is 10.2 Å². The van der Waals surface area contributed by atoms with Gasteiger partial charge in [-0.2, -0.15) is 0 Å². The lowest BCUT2D eigenvalue weighted by molar-refractivity contribution is -0.118. The molecule has 0 unspecified atom stereocenters. The minimum atomic E-state index is 0.259. The maximum atomic E-state index is 11.9. The van der Waals surface area contributed by atoms with E-state index in [-0.39, 0.29) is 5.91 Å². The Bertz CT molecular complexity index is 359. The average Bonchev–Trinajstić information content (AvgIpc) is 2.54. The third kappa shape index (κ3) is 2.35. The van der Waals surface area contributed by atoms with Crippen LogP contribution in [0.2, 0.25) is 0 Å². The second-order valence-electron chi connectivity index (χ2n) is 4.15. The van der Waals surface area contributed by atoms with E-state index in [0.29, 0.717) is 6.42 Å². The lowest BCUT2D eigenvalue weighted by Gasteiger charge is -2.20. The predicted molar refractivity (Wildman–Crippen MR) is 66.8 cm³/mol. The van der Waals surface area contributed by atoms with Gasteiger partial charge in [-0.25, -0.2) is 0 Å². The van der Waals surface area contributed by atoms with Crippen molar-refractivity contribution in [1.29, 1.82) is 0 Å². The van der Waals surface area contributed by atoms with Gasteiger partial charge in [-0.1, -0.05) is 6.42 Å². The number of hydrogen-bond donors (Lipinski definition) is 1. The molecule has 16 heavy (non-hydrogen) atoms. The summed E-state index contributed by atoms with van der Waals surface area (Å²) in [7, 11) is 1.89. The normalized spacial score (nSPS) is 17.1. The first-order chi connectivity index (χ1) is 7.81. The van der Waals surface area contributed by atoms with Crippen molar-refractivity contribution in [1.82, 2.24) is 0 Å². The molecule has 1 heterocycles. The molecule has 0 bridgehead atoms. The van der Waals surface area contributed by atoms with E-state index in [1.807, 2.05) is 36.2 Å². The maximum Gasteiger partial charge on any atom is 0.226 e. The van der Waals surface area contributed by atoms with Crippen molar-refractivity contribution in [2.45, 2.75) is 25.7 Å². The summed E-state index contributed by atoms with van der Waals surface area (Å²) in [5, 5.41) is 3.08. The Morgan fingerprint density at radius 2 is 1.88 bits per heavy atom. The molecule has 86 valence electrons. The van der Waals surface area contributed by atoms with Crippen molar-refractivity contribution in [3.63, 3.8) is 0 Å². The molecule has 3 nitrogen and oxygen atoms in total. The van der Waals surface area contributed by atoms with E-state index in [1.54, 1.807) is 0 Å². The molecule has 1 aromatic rings. The van der Waals surface area contributed by atoms with Crippen LogP contribution in [0.1, 0.15) is 25.7 Å². The van der Waals surface area contributed by atoms with Crippen molar-refractivity contribution in [2.75, 3.05) is 23.8 Å². The number of hydrogen-bond acceptors (Lipinski definition) is 2. The summed E-state index contributed by atoms with van der Waals surface area (Å²) in [6.07, 6.45) is 3.99. The van der Waals surface area contributed by atoms with Crippen LogP contribution in [0.5, 0.6) is 0 Å². The summed E-state index contributed by atoms with van der Waals surface area (Å²) in [4.78, 5) is 13.8. The smallest absolute Gasteiger partial charge is 0.226 e. The molecule has 2 rings (SSSR count). The van der Waals surface area contributed by atoms with Crippen LogP contribution in [-0.2, 0) is 4.79 Å². The van der Waals surface area contributed by atoms with Crippen molar-refractivity contribution >= 4 is 17.3 Å². The molecule has 1 amide bonds. The first-order valence-corrected chi connectivity index (χ1v) is 5.89.